The van der Waals surface area contributed by atoms with E-state index in [0.29, 0.717) is 11.3 Å². The van der Waals surface area contributed by atoms with Gasteiger partial charge in [-0.05, 0) is 48.9 Å². The Morgan fingerprint density at radius 3 is 1.72 bits per heavy atom. The van der Waals surface area contributed by atoms with Crippen LogP contribution in [0.25, 0.3) is 0 Å². The predicted octanol–water partition coefficient (Wildman–Crippen LogP) is 3.40. The Hall–Kier alpha value is -2.72. The van der Waals surface area contributed by atoms with E-state index in [9.17, 15) is 16.8 Å². The van der Waals surface area contributed by atoms with Gasteiger partial charge in [-0.15, -0.1) is 0 Å². The molecular weight excluding hydrogens is 448 g/mol. The van der Waals surface area contributed by atoms with Crippen LogP contribution < -0.4 is 4.74 Å². The quantitative estimate of drug-likeness (QED) is 0.549. The molecule has 1 atom stereocenters. The number of sulfonamides is 2. The molecule has 0 spiro atoms. The molecule has 3 aromatic rings. The summed E-state index contributed by atoms with van der Waals surface area (Å²) in [5, 5.41) is 0. The first-order chi connectivity index (χ1) is 15.2. The van der Waals surface area contributed by atoms with E-state index in [-0.39, 0.29) is 22.9 Å². The number of aryl methyl sites for hydroxylation is 1. The fourth-order valence-electron chi connectivity index (χ4n) is 3.77. The van der Waals surface area contributed by atoms with Gasteiger partial charge < -0.3 is 4.74 Å². The summed E-state index contributed by atoms with van der Waals surface area (Å²) >= 11 is 0. The minimum atomic E-state index is -3.95. The summed E-state index contributed by atoms with van der Waals surface area (Å²) in [7, 11) is -6.35. The first-order valence-corrected chi connectivity index (χ1v) is 12.9. The van der Waals surface area contributed by atoms with Crippen LogP contribution in [0.1, 0.15) is 17.3 Å². The molecule has 1 heterocycles. The van der Waals surface area contributed by atoms with Gasteiger partial charge >= 0.3 is 0 Å². The van der Waals surface area contributed by atoms with Crippen LogP contribution in [0.2, 0.25) is 0 Å². The normalized spacial score (nSPS) is 18.0. The molecule has 0 saturated carbocycles. The van der Waals surface area contributed by atoms with Gasteiger partial charge in [0.25, 0.3) is 0 Å². The summed E-state index contributed by atoms with van der Waals surface area (Å²) in [5.41, 5.74) is 1.48. The second kappa shape index (κ2) is 8.67. The van der Waals surface area contributed by atoms with Crippen LogP contribution >= 0.6 is 0 Å². The smallest absolute Gasteiger partial charge is 0.244 e. The van der Waals surface area contributed by atoms with Gasteiger partial charge in [-0.2, -0.15) is 8.61 Å². The SMILES string of the molecule is COc1ccc([C@@H]2N(S(=O)(=O)c3ccccc3)CCN2S(=O)(=O)c2ccc(C)cc2)cc1. The van der Waals surface area contributed by atoms with Crippen molar-refractivity contribution in [2.45, 2.75) is 22.9 Å². The van der Waals surface area contributed by atoms with E-state index >= 15 is 0 Å². The van der Waals surface area contributed by atoms with Crippen molar-refractivity contribution in [1.29, 1.82) is 0 Å². The van der Waals surface area contributed by atoms with Gasteiger partial charge in [0.2, 0.25) is 20.0 Å². The fourth-order valence-corrected chi connectivity index (χ4v) is 6.99. The van der Waals surface area contributed by atoms with Crippen LogP contribution in [0, 0.1) is 6.92 Å². The minimum absolute atomic E-state index is 0.0406. The summed E-state index contributed by atoms with van der Waals surface area (Å²) in [5.74, 6) is 0.595. The van der Waals surface area contributed by atoms with E-state index in [4.69, 9.17) is 4.74 Å². The predicted molar refractivity (Wildman–Crippen MR) is 121 cm³/mol. The molecule has 0 N–H and O–H groups in total. The number of rotatable bonds is 6. The molecule has 1 saturated heterocycles. The third kappa shape index (κ3) is 4.04. The lowest BCUT2D eigenvalue weighted by atomic mass is 10.2. The Bertz CT molecular complexity index is 1290. The highest BCUT2D eigenvalue weighted by Crippen LogP contribution is 2.39. The Morgan fingerprint density at radius 2 is 1.22 bits per heavy atom. The zero-order valence-electron chi connectivity index (χ0n) is 17.7. The van der Waals surface area contributed by atoms with Crippen LogP contribution in [0.15, 0.2) is 88.7 Å². The second-order valence-electron chi connectivity index (χ2n) is 7.50. The average Bonchev–Trinajstić information content (AvgIpc) is 3.27. The molecule has 7 nitrogen and oxygen atoms in total. The molecule has 1 fully saturated rings. The Kier molecular flexibility index (Phi) is 6.09. The fraction of sp³-hybridized carbons (Fsp3) is 0.217. The van der Waals surface area contributed by atoms with Gasteiger partial charge in [0, 0.05) is 13.1 Å². The second-order valence-corrected chi connectivity index (χ2v) is 11.3. The molecule has 168 valence electrons. The number of methoxy groups -OCH3 is 1. The molecule has 0 bridgehead atoms. The highest BCUT2D eigenvalue weighted by Gasteiger charge is 2.46. The number of ether oxygens (including phenoxy) is 1. The molecule has 1 aliphatic rings. The Balaban J connectivity index is 1.82. The van der Waals surface area contributed by atoms with E-state index in [0.717, 1.165) is 5.56 Å². The first-order valence-electron chi connectivity index (χ1n) is 10.0. The largest absolute Gasteiger partial charge is 0.497 e. The van der Waals surface area contributed by atoms with Gasteiger partial charge in [-0.3, -0.25) is 0 Å². The van der Waals surface area contributed by atoms with Crippen molar-refractivity contribution in [3.8, 4) is 5.75 Å². The van der Waals surface area contributed by atoms with E-state index in [2.05, 4.69) is 0 Å². The molecule has 4 rings (SSSR count). The molecule has 0 amide bonds. The lowest BCUT2D eigenvalue weighted by Gasteiger charge is -2.29. The monoisotopic (exact) mass is 472 g/mol. The molecule has 0 aliphatic carbocycles. The molecule has 0 radical (unpaired) electrons. The number of benzene rings is 3. The van der Waals surface area contributed by atoms with Gasteiger partial charge in [0.05, 0.1) is 16.9 Å². The average molecular weight is 473 g/mol. The maximum absolute atomic E-state index is 13.5. The van der Waals surface area contributed by atoms with Crippen molar-refractivity contribution in [3.63, 3.8) is 0 Å². The zero-order valence-corrected chi connectivity index (χ0v) is 19.4. The summed E-state index contributed by atoms with van der Waals surface area (Å²) in [6, 6.07) is 21.4. The third-order valence-corrected chi connectivity index (χ3v) is 9.21. The lowest BCUT2D eigenvalue weighted by Crippen LogP contribution is -2.38. The summed E-state index contributed by atoms with van der Waals surface area (Å²) < 4.78 is 61.7. The molecule has 3 aromatic carbocycles. The van der Waals surface area contributed by atoms with Gasteiger partial charge in [-0.1, -0.05) is 48.0 Å². The minimum Gasteiger partial charge on any atom is -0.497 e. The number of hydrogen-bond acceptors (Lipinski definition) is 5. The van der Waals surface area contributed by atoms with Crippen molar-refractivity contribution >= 4 is 20.0 Å². The molecule has 9 heteroatoms. The zero-order chi connectivity index (χ0) is 22.9. The summed E-state index contributed by atoms with van der Waals surface area (Å²) in [6.45, 7) is 1.96. The Morgan fingerprint density at radius 1 is 0.719 bits per heavy atom. The first kappa shape index (κ1) is 22.5. The third-order valence-electron chi connectivity index (χ3n) is 5.48. The van der Waals surface area contributed by atoms with Crippen molar-refractivity contribution < 1.29 is 21.6 Å². The van der Waals surface area contributed by atoms with Crippen LogP contribution in [-0.2, 0) is 20.0 Å². The van der Waals surface area contributed by atoms with Crippen molar-refractivity contribution in [3.05, 3.63) is 90.0 Å². The van der Waals surface area contributed by atoms with Crippen molar-refractivity contribution in [2.75, 3.05) is 20.2 Å². The number of hydrogen-bond donors (Lipinski definition) is 0. The molecule has 1 aliphatic heterocycles. The van der Waals surface area contributed by atoms with E-state index < -0.39 is 26.2 Å². The lowest BCUT2D eigenvalue weighted by molar-refractivity contribution is 0.291. The molecular formula is C23H24N2O5S2. The molecule has 0 unspecified atom stereocenters. The van der Waals surface area contributed by atoms with Crippen molar-refractivity contribution in [2.24, 2.45) is 0 Å². The van der Waals surface area contributed by atoms with Gasteiger partial charge in [0.15, 0.2) is 0 Å². The van der Waals surface area contributed by atoms with Crippen LogP contribution in [-0.4, -0.2) is 45.6 Å². The van der Waals surface area contributed by atoms with E-state index in [1.54, 1.807) is 66.7 Å². The van der Waals surface area contributed by atoms with Crippen LogP contribution in [0.4, 0.5) is 0 Å². The summed E-state index contributed by atoms with van der Waals surface area (Å²) in [6.07, 6.45) is -1.02. The number of nitrogens with zero attached hydrogens (tertiary/aromatic N) is 2. The topological polar surface area (TPSA) is 84.0 Å². The molecule has 32 heavy (non-hydrogen) atoms. The highest BCUT2D eigenvalue weighted by molar-refractivity contribution is 7.90. The molecule has 0 aromatic heterocycles. The van der Waals surface area contributed by atoms with Crippen LogP contribution in [0.3, 0.4) is 0 Å². The van der Waals surface area contributed by atoms with E-state index in [1.807, 2.05) is 6.92 Å². The van der Waals surface area contributed by atoms with Crippen molar-refractivity contribution in [1.82, 2.24) is 8.61 Å². The Labute approximate surface area is 189 Å². The highest BCUT2D eigenvalue weighted by atomic mass is 32.2. The van der Waals surface area contributed by atoms with Crippen LogP contribution in [0.5, 0.6) is 5.75 Å². The van der Waals surface area contributed by atoms with E-state index in [1.165, 1.54) is 27.9 Å². The standard InChI is InChI=1S/C23H24N2O5S2/c1-18-8-14-22(15-9-18)32(28,29)25-17-16-24(31(26,27)21-6-4-3-5-7-21)23(25)19-10-12-20(30-2)13-11-19/h3-15,23H,16-17H2,1-2H3/t23-/m1/s1. The van der Waals surface area contributed by atoms with Gasteiger partial charge in [0.1, 0.15) is 11.9 Å². The van der Waals surface area contributed by atoms with Gasteiger partial charge in [-0.25, -0.2) is 16.8 Å². The maximum Gasteiger partial charge on any atom is 0.244 e. The summed E-state index contributed by atoms with van der Waals surface area (Å²) in [4.78, 5) is 0.244. The maximum atomic E-state index is 13.5.